The molecule has 1 saturated heterocycles. The van der Waals surface area contributed by atoms with Crippen LogP contribution in [0.1, 0.15) is 5.56 Å². The molecule has 1 fully saturated rings. The first-order valence-corrected chi connectivity index (χ1v) is 6.55. The van der Waals surface area contributed by atoms with Crippen LogP contribution in [-0.4, -0.2) is 36.4 Å². The Balaban J connectivity index is 1.64. The Morgan fingerprint density at radius 2 is 2.12 bits per heavy atom. The third-order valence-electron chi connectivity index (χ3n) is 2.46. The summed E-state index contributed by atoms with van der Waals surface area (Å²) < 4.78 is 4.86. The topological polar surface area (TPSA) is 29.5 Å². The number of rotatable bonds is 5. The van der Waals surface area contributed by atoms with Crippen LogP contribution in [0, 0.1) is 0 Å². The molecule has 86 valence electrons. The molecule has 1 aliphatic rings. The van der Waals surface area contributed by atoms with Crippen molar-refractivity contribution in [1.29, 1.82) is 0 Å². The van der Waals surface area contributed by atoms with Gasteiger partial charge < -0.3 is 9.64 Å². The van der Waals surface area contributed by atoms with E-state index in [1.807, 2.05) is 30.0 Å². The van der Waals surface area contributed by atoms with E-state index in [4.69, 9.17) is 4.74 Å². The van der Waals surface area contributed by atoms with Crippen LogP contribution in [0.15, 0.2) is 30.3 Å². The number of carbonyl (C=O) groups excluding carboxylic acids is 1. The Bertz CT molecular complexity index is 342. The zero-order valence-electron chi connectivity index (χ0n) is 9.09. The van der Waals surface area contributed by atoms with Crippen molar-refractivity contribution in [2.24, 2.45) is 0 Å². The average molecular weight is 237 g/mol. The molecule has 0 atom stereocenters. The van der Waals surface area contributed by atoms with E-state index in [-0.39, 0.29) is 6.09 Å². The minimum absolute atomic E-state index is 0.166. The number of ether oxygens (including phenoxy) is 1. The van der Waals surface area contributed by atoms with Crippen LogP contribution in [-0.2, 0) is 10.5 Å². The van der Waals surface area contributed by atoms with Crippen molar-refractivity contribution in [2.45, 2.75) is 5.75 Å². The number of nitrogens with zero attached hydrogens (tertiary/aromatic N) is 1. The monoisotopic (exact) mass is 237 g/mol. The Hall–Kier alpha value is -1.16. The second-order valence-corrected chi connectivity index (χ2v) is 4.74. The Morgan fingerprint density at radius 3 is 2.81 bits per heavy atom. The van der Waals surface area contributed by atoms with Crippen LogP contribution < -0.4 is 0 Å². The molecule has 0 N–H and O–H groups in total. The molecule has 1 amide bonds. The minimum atomic E-state index is -0.166. The van der Waals surface area contributed by atoms with Gasteiger partial charge in [-0.25, -0.2) is 4.79 Å². The van der Waals surface area contributed by atoms with Crippen LogP contribution in [0.5, 0.6) is 0 Å². The summed E-state index contributed by atoms with van der Waals surface area (Å²) in [5.74, 6) is 1.97. The highest BCUT2D eigenvalue weighted by atomic mass is 32.2. The zero-order chi connectivity index (χ0) is 11.2. The lowest BCUT2D eigenvalue weighted by Crippen LogP contribution is -2.26. The molecule has 1 heterocycles. The minimum Gasteiger partial charge on any atom is -0.448 e. The molecular weight excluding hydrogens is 222 g/mol. The van der Waals surface area contributed by atoms with Gasteiger partial charge in [-0.05, 0) is 5.56 Å². The second kappa shape index (κ2) is 5.80. The van der Waals surface area contributed by atoms with E-state index in [0.717, 1.165) is 24.6 Å². The molecule has 0 saturated carbocycles. The third-order valence-corrected chi connectivity index (χ3v) is 3.47. The number of cyclic esters (lactones) is 1. The van der Waals surface area contributed by atoms with Gasteiger partial charge in [0, 0.05) is 18.1 Å². The van der Waals surface area contributed by atoms with Gasteiger partial charge in [-0.1, -0.05) is 30.3 Å². The fourth-order valence-electron chi connectivity index (χ4n) is 1.57. The lowest BCUT2D eigenvalue weighted by Gasteiger charge is -2.11. The van der Waals surface area contributed by atoms with Crippen molar-refractivity contribution in [2.75, 3.05) is 25.4 Å². The molecule has 16 heavy (non-hydrogen) atoms. The molecule has 2 rings (SSSR count). The van der Waals surface area contributed by atoms with Gasteiger partial charge in [-0.3, -0.25) is 0 Å². The molecule has 4 heteroatoms. The number of hydrogen-bond acceptors (Lipinski definition) is 3. The summed E-state index contributed by atoms with van der Waals surface area (Å²) in [5.41, 5.74) is 1.33. The van der Waals surface area contributed by atoms with Gasteiger partial charge in [0.2, 0.25) is 0 Å². The molecule has 3 nitrogen and oxygen atoms in total. The smallest absolute Gasteiger partial charge is 0.409 e. The fraction of sp³-hybridized carbons (Fsp3) is 0.417. The summed E-state index contributed by atoms with van der Waals surface area (Å²) in [6, 6.07) is 10.4. The molecule has 0 radical (unpaired) electrons. The molecule has 0 unspecified atom stereocenters. The number of benzene rings is 1. The van der Waals surface area contributed by atoms with Crippen LogP contribution in [0.4, 0.5) is 4.79 Å². The van der Waals surface area contributed by atoms with Crippen molar-refractivity contribution < 1.29 is 9.53 Å². The molecular formula is C12H15NO2S. The number of amides is 1. The molecule has 0 spiro atoms. The number of carbonyl (C=O) groups is 1. The Labute approximate surface area is 99.8 Å². The number of thioether (sulfide) groups is 1. The molecule has 1 aliphatic heterocycles. The van der Waals surface area contributed by atoms with Crippen LogP contribution in [0.2, 0.25) is 0 Å². The van der Waals surface area contributed by atoms with E-state index >= 15 is 0 Å². The maximum absolute atomic E-state index is 11.1. The van der Waals surface area contributed by atoms with E-state index in [1.165, 1.54) is 5.56 Å². The highest BCUT2D eigenvalue weighted by Gasteiger charge is 2.20. The third kappa shape index (κ3) is 3.17. The predicted octanol–water partition coefficient (Wildman–Crippen LogP) is 2.37. The van der Waals surface area contributed by atoms with Crippen molar-refractivity contribution in [3.63, 3.8) is 0 Å². The van der Waals surface area contributed by atoms with E-state index in [0.29, 0.717) is 6.61 Å². The van der Waals surface area contributed by atoms with Crippen molar-refractivity contribution in [3.05, 3.63) is 35.9 Å². The van der Waals surface area contributed by atoms with Gasteiger partial charge in [0.15, 0.2) is 0 Å². The lowest BCUT2D eigenvalue weighted by molar-refractivity contribution is 0.160. The maximum Gasteiger partial charge on any atom is 0.409 e. The molecule has 0 bridgehead atoms. The predicted molar refractivity (Wildman–Crippen MR) is 65.5 cm³/mol. The van der Waals surface area contributed by atoms with E-state index in [1.54, 1.807) is 4.90 Å². The van der Waals surface area contributed by atoms with E-state index < -0.39 is 0 Å². The first-order valence-electron chi connectivity index (χ1n) is 5.39. The van der Waals surface area contributed by atoms with E-state index in [9.17, 15) is 4.79 Å². The van der Waals surface area contributed by atoms with Crippen LogP contribution >= 0.6 is 11.8 Å². The summed E-state index contributed by atoms with van der Waals surface area (Å²) in [5, 5.41) is 0. The van der Waals surface area contributed by atoms with Gasteiger partial charge in [-0.2, -0.15) is 11.8 Å². The molecule has 1 aromatic carbocycles. The zero-order valence-corrected chi connectivity index (χ0v) is 9.91. The van der Waals surface area contributed by atoms with Gasteiger partial charge in [-0.15, -0.1) is 0 Å². The van der Waals surface area contributed by atoms with Gasteiger partial charge in [0.25, 0.3) is 0 Å². The van der Waals surface area contributed by atoms with Crippen molar-refractivity contribution in [3.8, 4) is 0 Å². The first-order chi connectivity index (χ1) is 7.86. The summed E-state index contributed by atoms with van der Waals surface area (Å²) in [6.45, 7) is 2.07. The normalized spacial score (nSPS) is 15.2. The highest BCUT2D eigenvalue weighted by molar-refractivity contribution is 7.98. The summed E-state index contributed by atoms with van der Waals surface area (Å²) in [7, 11) is 0. The SMILES string of the molecule is O=C1OCCN1CCSCc1ccccc1. The van der Waals surface area contributed by atoms with Crippen LogP contribution in [0.3, 0.4) is 0 Å². The van der Waals surface area contributed by atoms with E-state index in [2.05, 4.69) is 12.1 Å². The van der Waals surface area contributed by atoms with Gasteiger partial charge >= 0.3 is 6.09 Å². The summed E-state index contributed by atoms with van der Waals surface area (Å²) >= 11 is 1.85. The maximum atomic E-state index is 11.1. The summed E-state index contributed by atoms with van der Waals surface area (Å²) in [4.78, 5) is 12.9. The van der Waals surface area contributed by atoms with Gasteiger partial charge in [0.05, 0.1) is 6.54 Å². The first kappa shape index (κ1) is 11.3. The Kier molecular flexibility index (Phi) is 4.10. The lowest BCUT2D eigenvalue weighted by atomic mass is 10.2. The number of hydrogen-bond donors (Lipinski definition) is 0. The molecule has 0 aromatic heterocycles. The largest absolute Gasteiger partial charge is 0.448 e. The van der Waals surface area contributed by atoms with Crippen molar-refractivity contribution >= 4 is 17.9 Å². The highest BCUT2D eigenvalue weighted by Crippen LogP contribution is 2.12. The Morgan fingerprint density at radius 1 is 1.31 bits per heavy atom. The molecule has 0 aliphatic carbocycles. The van der Waals surface area contributed by atoms with Crippen molar-refractivity contribution in [1.82, 2.24) is 4.90 Å². The van der Waals surface area contributed by atoms with Gasteiger partial charge in [0.1, 0.15) is 6.61 Å². The standard InChI is InChI=1S/C12H15NO2S/c14-12-13(6-8-15-12)7-9-16-10-11-4-2-1-3-5-11/h1-5H,6-10H2. The fourth-order valence-corrected chi connectivity index (χ4v) is 2.49. The second-order valence-electron chi connectivity index (χ2n) is 3.64. The summed E-state index contributed by atoms with van der Waals surface area (Å²) in [6.07, 6.45) is -0.166. The van der Waals surface area contributed by atoms with Crippen LogP contribution in [0.25, 0.3) is 0 Å². The average Bonchev–Trinajstić information content (AvgIpc) is 2.72. The quantitative estimate of drug-likeness (QED) is 0.736. The molecule has 1 aromatic rings.